The molecular formula is C13H10Cl2N2O2S. The first-order valence-electron chi connectivity index (χ1n) is 5.57. The molecule has 0 aliphatic rings. The van der Waals surface area contributed by atoms with E-state index in [1.807, 2.05) is 0 Å². The van der Waals surface area contributed by atoms with Gasteiger partial charge in [0, 0.05) is 15.6 Å². The third-order valence-corrected chi connectivity index (χ3v) is 3.18. The average Bonchev–Trinajstić information content (AvgIpc) is 2.87. The van der Waals surface area contributed by atoms with Crippen molar-refractivity contribution in [1.29, 1.82) is 0 Å². The number of thiocarbonyl (C=S) groups is 1. The third kappa shape index (κ3) is 3.50. The first kappa shape index (κ1) is 14.8. The summed E-state index contributed by atoms with van der Waals surface area (Å²) in [7, 11) is 0. The van der Waals surface area contributed by atoms with Crippen molar-refractivity contribution >= 4 is 46.3 Å². The van der Waals surface area contributed by atoms with E-state index in [0.29, 0.717) is 21.4 Å². The van der Waals surface area contributed by atoms with E-state index in [1.54, 1.807) is 12.1 Å². The number of amides is 1. The Kier molecular flexibility index (Phi) is 4.65. The van der Waals surface area contributed by atoms with Crippen LogP contribution in [0.15, 0.2) is 41.0 Å². The zero-order chi connectivity index (χ0) is 14.7. The van der Waals surface area contributed by atoms with Gasteiger partial charge in [0.2, 0.25) is 0 Å². The van der Waals surface area contributed by atoms with E-state index < -0.39 is 11.9 Å². The van der Waals surface area contributed by atoms with Gasteiger partial charge in [0.05, 0.1) is 6.26 Å². The maximum atomic E-state index is 12.2. The van der Waals surface area contributed by atoms with Gasteiger partial charge in [-0.1, -0.05) is 35.4 Å². The lowest BCUT2D eigenvalue weighted by atomic mass is 10.1. The van der Waals surface area contributed by atoms with Crippen molar-refractivity contribution in [3.8, 4) is 0 Å². The number of nitrogens with one attached hydrogen (secondary N) is 1. The van der Waals surface area contributed by atoms with Gasteiger partial charge in [-0.3, -0.25) is 4.79 Å². The van der Waals surface area contributed by atoms with E-state index >= 15 is 0 Å². The smallest absolute Gasteiger partial charge is 0.252 e. The van der Waals surface area contributed by atoms with Crippen LogP contribution in [0.5, 0.6) is 0 Å². The Morgan fingerprint density at radius 3 is 2.45 bits per heavy atom. The van der Waals surface area contributed by atoms with Gasteiger partial charge in [0.1, 0.15) is 16.8 Å². The highest BCUT2D eigenvalue weighted by Gasteiger charge is 2.21. The summed E-state index contributed by atoms with van der Waals surface area (Å²) >= 11 is 16.7. The van der Waals surface area contributed by atoms with E-state index in [2.05, 4.69) is 5.32 Å². The molecule has 0 radical (unpaired) electrons. The average molecular weight is 329 g/mol. The van der Waals surface area contributed by atoms with Crippen LogP contribution in [0.1, 0.15) is 22.2 Å². The van der Waals surface area contributed by atoms with Crippen molar-refractivity contribution in [1.82, 2.24) is 5.32 Å². The fourth-order valence-corrected chi connectivity index (χ4v) is 2.34. The van der Waals surface area contributed by atoms with Gasteiger partial charge >= 0.3 is 0 Å². The van der Waals surface area contributed by atoms with Gasteiger partial charge in [-0.05, 0) is 30.3 Å². The molecule has 1 aromatic carbocycles. The normalized spacial score (nSPS) is 11.9. The summed E-state index contributed by atoms with van der Waals surface area (Å²) in [6.45, 7) is 0. The molecule has 0 fully saturated rings. The molecular weight excluding hydrogens is 319 g/mol. The fourth-order valence-electron chi connectivity index (χ4n) is 1.64. The highest BCUT2D eigenvalue weighted by atomic mass is 35.5. The van der Waals surface area contributed by atoms with E-state index in [4.69, 9.17) is 45.6 Å². The zero-order valence-electron chi connectivity index (χ0n) is 10.1. The van der Waals surface area contributed by atoms with Crippen LogP contribution >= 0.6 is 35.4 Å². The predicted octanol–water partition coefficient (Wildman–Crippen LogP) is 3.34. The Bertz CT molecular complexity index is 624. The van der Waals surface area contributed by atoms with Crippen LogP contribution in [0, 0.1) is 0 Å². The fraction of sp³-hybridized carbons (Fsp3) is 0.0769. The Labute approximate surface area is 130 Å². The first-order chi connectivity index (χ1) is 9.47. The Morgan fingerprint density at radius 1 is 1.30 bits per heavy atom. The van der Waals surface area contributed by atoms with Gasteiger partial charge in [-0.15, -0.1) is 0 Å². The van der Waals surface area contributed by atoms with Gasteiger partial charge in [-0.25, -0.2) is 0 Å². The molecule has 0 spiro atoms. The summed E-state index contributed by atoms with van der Waals surface area (Å²) in [5, 5.41) is 3.41. The van der Waals surface area contributed by atoms with Crippen LogP contribution in [0.25, 0.3) is 0 Å². The van der Waals surface area contributed by atoms with Crippen molar-refractivity contribution in [2.24, 2.45) is 5.73 Å². The summed E-state index contributed by atoms with van der Waals surface area (Å²) in [6.07, 6.45) is 1.48. The molecule has 1 atom stereocenters. The van der Waals surface area contributed by atoms with Gasteiger partial charge < -0.3 is 15.5 Å². The standard InChI is InChI=1S/C13H10Cl2N2O2S/c14-8-4-7(5-9(15)6-8)13(18)17-11(12(16)20)10-2-1-3-19-10/h1-6,11H,(H2,16,20)(H,17,18). The van der Waals surface area contributed by atoms with Crippen LogP contribution < -0.4 is 11.1 Å². The molecule has 4 nitrogen and oxygen atoms in total. The lowest BCUT2D eigenvalue weighted by molar-refractivity contribution is 0.0943. The number of carbonyl (C=O) groups is 1. The topological polar surface area (TPSA) is 68.3 Å². The first-order valence-corrected chi connectivity index (χ1v) is 6.73. The molecule has 0 aliphatic carbocycles. The second-order valence-electron chi connectivity index (χ2n) is 3.98. The minimum Gasteiger partial charge on any atom is -0.467 e. The maximum absolute atomic E-state index is 12.2. The molecule has 0 bridgehead atoms. The van der Waals surface area contributed by atoms with E-state index in [9.17, 15) is 4.79 Å². The van der Waals surface area contributed by atoms with Crippen molar-refractivity contribution in [3.05, 3.63) is 58.0 Å². The molecule has 1 aromatic heterocycles. The Balaban J connectivity index is 2.23. The monoisotopic (exact) mass is 328 g/mol. The van der Waals surface area contributed by atoms with Crippen molar-refractivity contribution in [3.63, 3.8) is 0 Å². The van der Waals surface area contributed by atoms with Gasteiger partial charge in [0.15, 0.2) is 0 Å². The molecule has 2 aromatic rings. The molecule has 1 heterocycles. The van der Waals surface area contributed by atoms with Crippen LogP contribution in [0.3, 0.4) is 0 Å². The van der Waals surface area contributed by atoms with E-state index in [0.717, 1.165) is 0 Å². The number of benzene rings is 1. The molecule has 0 aliphatic heterocycles. The minimum atomic E-state index is -0.690. The van der Waals surface area contributed by atoms with Crippen molar-refractivity contribution in [2.45, 2.75) is 6.04 Å². The van der Waals surface area contributed by atoms with Gasteiger partial charge in [-0.2, -0.15) is 0 Å². The molecule has 2 rings (SSSR count). The Hall–Kier alpha value is -1.56. The molecule has 1 amide bonds. The van der Waals surface area contributed by atoms with Crippen molar-refractivity contribution in [2.75, 3.05) is 0 Å². The predicted molar refractivity (Wildman–Crippen MR) is 82.2 cm³/mol. The van der Waals surface area contributed by atoms with Crippen LogP contribution in [0.2, 0.25) is 10.0 Å². The molecule has 0 saturated carbocycles. The molecule has 0 saturated heterocycles. The highest BCUT2D eigenvalue weighted by molar-refractivity contribution is 7.80. The van der Waals surface area contributed by atoms with E-state index in [1.165, 1.54) is 24.5 Å². The maximum Gasteiger partial charge on any atom is 0.252 e. The molecule has 3 N–H and O–H groups in total. The Morgan fingerprint density at radius 2 is 1.95 bits per heavy atom. The molecule has 7 heteroatoms. The summed E-state index contributed by atoms with van der Waals surface area (Å²) in [6, 6.07) is 7.21. The molecule has 20 heavy (non-hydrogen) atoms. The minimum absolute atomic E-state index is 0.0985. The second-order valence-corrected chi connectivity index (χ2v) is 5.33. The highest BCUT2D eigenvalue weighted by Crippen LogP contribution is 2.20. The molecule has 1 unspecified atom stereocenters. The largest absolute Gasteiger partial charge is 0.467 e. The van der Waals surface area contributed by atoms with Gasteiger partial charge in [0.25, 0.3) is 5.91 Å². The van der Waals surface area contributed by atoms with Crippen LogP contribution in [-0.2, 0) is 0 Å². The van der Waals surface area contributed by atoms with Crippen LogP contribution in [0.4, 0.5) is 0 Å². The summed E-state index contributed by atoms with van der Waals surface area (Å²) in [5.74, 6) is 0.0579. The zero-order valence-corrected chi connectivity index (χ0v) is 12.4. The third-order valence-electron chi connectivity index (χ3n) is 2.51. The SMILES string of the molecule is NC(=S)C(NC(=O)c1cc(Cl)cc(Cl)c1)c1ccco1. The number of hydrogen-bond acceptors (Lipinski definition) is 3. The van der Waals surface area contributed by atoms with Crippen molar-refractivity contribution < 1.29 is 9.21 Å². The number of furan rings is 1. The van der Waals surface area contributed by atoms with E-state index in [-0.39, 0.29) is 4.99 Å². The summed E-state index contributed by atoms with van der Waals surface area (Å²) in [4.78, 5) is 12.3. The van der Waals surface area contributed by atoms with Crippen LogP contribution in [-0.4, -0.2) is 10.9 Å². The number of halogens is 2. The number of carbonyl (C=O) groups excluding carboxylic acids is 1. The lowest BCUT2D eigenvalue weighted by Crippen LogP contribution is -2.36. The number of hydrogen-bond donors (Lipinski definition) is 2. The summed E-state index contributed by atoms with van der Waals surface area (Å²) < 4.78 is 5.21. The quantitative estimate of drug-likeness (QED) is 0.844. The second kappa shape index (κ2) is 6.26. The number of rotatable bonds is 4. The number of nitrogens with two attached hydrogens (primary N) is 1. The summed E-state index contributed by atoms with van der Waals surface area (Å²) in [5.41, 5.74) is 5.93. The lowest BCUT2D eigenvalue weighted by Gasteiger charge is -2.15. The molecule has 104 valence electrons.